The maximum atomic E-state index is 5.73. The Morgan fingerprint density at radius 2 is 2.03 bits per heavy atom. The first kappa shape index (κ1) is 21.7. The Morgan fingerprint density at radius 1 is 1.16 bits per heavy atom. The number of hydrogen-bond donors (Lipinski definition) is 0. The molecule has 32 heavy (non-hydrogen) atoms. The van der Waals surface area contributed by atoms with E-state index in [0.717, 1.165) is 61.4 Å². The van der Waals surface area contributed by atoms with Crippen LogP contribution >= 0.6 is 21.0 Å². The first-order chi connectivity index (χ1) is 15.7. The highest BCUT2D eigenvalue weighted by molar-refractivity contribution is 14.2. The molecule has 1 saturated heterocycles. The molecule has 3 aliphatic heterocycles. The summed E-state index contributed by atoms with van der Waals surface area (Å²) in [5, 5.41) is 0. The Hall–Kier alpha value is -2.11. The summed E-state index contributed by atoms with van der Waals surface area (Å²) < 4.78 is 17.9. The third-order valence-corrected chi connectivity index (χ3v) is 7.42. The second-order valence-corrected chi connectivity index (χ2v) is 10.1. The van der Waals surface area contributed by atoms with Crippen molar-refractivity contribution < 1.29 is 9.47 Å². The Balaban J connectivity index is 1.21. The number of nitrogens with zero attached hydrogens (tertiary/aromatic N) is 6. The van der Waals surface area contributed by atoms with E-state index in [0.29, 0.717) is 19.3 Å². The Labute approximate surface area is 199 Å². The van der Waals surface area contributed by atoms with Crippen LogP contribution < -0.4 is 14.4 Å². The number of aromatic nitrogens is 2. The predicted octanol–water partition coefficient (Wildman–Crippen LogP) is 3.32. The molecular formula is C23H29IN6O2. The van der Waals surface area contributed by atoms with Crippen LogP contribution in [0.1, 0.15) is 35.8 Å². The van der Waals surface area contributed by atoms with Gasteiger partial charge in [-0.1, -0.05) is 6.07 Å². The normalized spacial score (nSPS) is 20.2. The smallest absolute Gasteiger partial charge is 0.235 e. The average Bonchev–Trinajstić information content (AvgIpc) is 3.49. The van der Waals surface area contributed by atoms with Crippen molar-refractivity contribution in [3.63, 3.8) is 0 Å². The number of anilines is 1. The second kappa shape index (κ2) is 9.80. The lowest BCUT2D eigenvalue weighted by atomic mass is 10.1. The minimum atomic E-state index is -0.243. The summed E-state index contributed by atoms with van der Waals surface area (Å²) in [4.78, 5) is 16.5. The largest absolute Gasteiger partial charge is 0.486 e. The van der Waals surface area contributed by atoms with Gasteiger partial charge in [-0.15, -0.1) is 0 Å². The zero-order chi connectivity index (χ0) is 21.9. The van der Waals surface area contributed by atoms with Gasteiger partial charge in [-0.2, -0.15) is 0 Å². The standard InChI is InChI=1S/C23H29IN6O2/c1-17-12-19(27-23(26-17)30-15-24-25-16-30)20-4-3-7-29(20)9-8-28(2)14-18-5-6-21-22(13-18)32-11-10-31-21/h5-6,12-13,15-16,20H,3-4,7-11,14H2,1-2H3. The van der Waals surface area contributed by atoms with Crippen LogP contribution in [0.15, 0.2) is 27.5 Å². The van der Waals surface area contributed by atoms with E-state index in [1.807, 2.05) is 17.3 Å². The maximum Gasteiger partial charge on any atom is 0.235 e. The van der Waals surface area contributed by atoms with E-state index in [1.54, 1.807) is 0 Å². The van der Waals surface area contributed by atoms with Crippen LogP contribution in [0.3, 0.4) is 0 Å². The van der Waals surface area contributed by atoms with Crippen LogP contribution in [0.25, 0.3) is 0 Å². The molecule has 0 spiro atoms. The van der Waals surface area contributed by atoms with Crippen molar-refractivity contribution >= 4 is 37.4 Å². The number of halogens is 1. The van der Waals surface area contributed by atoms with Gasteiger partial charge in [0.25, 0.3) is 0 Å². The van der Waals surface area contributed by atoms with Crippen molar-refractivity contribution in [1.29, 1.82) is 0 Å². The molecule has 1 aromatic heterocycles. The monoisotopic (exact) mass is 548 g/mol. The number of fused-ring (bicyclic) bond motifs is 1. The second-order valence-electron chi connectivity index (χ2n) is 8.46. The molecule has 1 unspecified atom stereocenters. The SMILES string of the molecule is Cc1cc(C2CCCN2CCN(C)Cc2ccc3c(c2)OCCO3)nc(N2C=NI=C2)n1. The highest BCUT2D eigenvalue weighted by Gasteiger charge is 2.28. The van der Waals surface area contributed by atoms with Crippen LogP contribution in [0.4, 0.5) is 5.95 Å². The van der Waals surface area contributed by atoms with Gasteiger partial charge < -0.3 is 14.4 Å². The first-order valence-electron chi connectivity index (χ1n) is 11.1. The molecule has 0 radical (unpaired) electrons. The molecule has 170 valence electrons. The molecule has 8 nitrogen and oxygen atoms in total. The molecule has 1 atom stereocenters. The number of hydrogen-bond acceptors (Lipinski definition) is 8. The van der Waals surface area contributed by atoms with E-state index in [-0.39, 0.29) is 21.0 Å². The van der Waals surface area contributed by atoms with Gasteiger partial charge >= 0.3 is 0 Å². The first-order valence-corrected chi connectivity index (χ1v) is 13.3. The summed E-state index contributed by atoms with van der Waals surface area (Å²) in [6.07, 6.45) is 4.20. The molecule has 5 rings (SSSR count). The van der Waals surface area contributed by atoms with Gasteiger partial charge in [0.15, 0.2) is 11.5 Å². The lowest BCUT2D eigenvalue weighted by Gasteiger charge is -2.27. The van der Waals surface area contributed by atoms with Crippen LogP contribution in [0.5, 0.6) is 11.5 Å². The fourth-order valence-corrected chi connectivity index (χ4v) is 5.65. The Morgan fingerprint density at radius 3 is 2.88 bits per heavy atom. The van der Waals surface area contributed by atoms with E-state index < -0.39 is 0 Å². The lowest BCUT2D eigenvalue weighted by Crippen LogP contribution is -2.33. The molecule has 0 N–H and O–H groups in total. The van der Waals surface area contributed by atoms with Crippen LogP contribution in [-0.2, 0) is 6.54 Å². The minimum Gasteiger partial charge on any atom is -0.486 e. The van der Waals surface area contributed by atoms with Gasteiger partial charge in [-0.05, 0) is 57.1 Å². The number of rotatable bonds is 7. The third kappa shape index (κ3) is 4.94. The zero-order valence-corrected chi connectivity index (χ0v) is 20.7. The molecule has 0 aliphatic carbocycles. The van der Waals surface area contributed by atoms with Gasteiger partial charge in [0.2, 0.25) is 5.95 Å². The van der Waals surface area contributed by atoms with Crippen molar-refractivity contribution in [3.8, 4) is 11.5 Å². The quantitative estimate of drug-likeness (QED) is 0.492. The third-order valence-electron chi connectivity index (χ3n) is 6.00. The van der Waals surface area contributed by atoms with Gasteiger partial charge in [-0.3, -0.25) is 9.80 Å². The van der Waals surface area contributed by atoms with E-state index in [2.05, 4.69) is 54.3 Å². The highest BCUT2D eigenvalue weighted by atomic mass is 127. The molecule has 0 amide bonds. The number of benzene rings is 1. The fraction of sp³-hybridized carbons (Fsp3) is 0.478. The maximum absolute atomic E-state index is 5.73. The predicted molar refractivity (Wildman–Crippen MR) is 135 cm³/mol. The lowest BCUT2D eigenvalue weighted by molar-refractivity contribution is 0.171. The van der Waals surface area contributed by atoms with Crippen molar-refractivity contribution in [2.24, 2.45) is 3.21 Å². The molecule has 3 aliphatic rings. The number of ether oxygens (including phenoxy) is 2. The van der Waals surface area contributed by atoms with Crippen LogP contribution in [-0.4, -0.2) is 70.1 Å². The summed E-state index contributed by atoms with van der Waals surface area (Å²) in [5.41, 5.74) is 3.39. The van der Waals surface area contributed by atoms with E-state index >= 15 is 0 Å². The highest BCUT2D eigenvalue weighted by Crippen LogP contribution is 2.33. The Bertz CT molecular complexity index is 1020. The van der Waals surface area contributed by atoms with Crippen LogP contribution in [0, 0.1) is 6.92 Å². The minimum absolute atomic E-state index is 0.243. The molecule has 9 heteroatoms. The topological polar surface area (TPSA) is 66.3 Å². The zero-order valence-electron chi connectivity index (χ0n) is 18.6. The van der Waals surface area contributed by atoms with Gasteiger partial charge in [0, 0.05) is 46.3 Å². The summed E-state index contributed by atoms with van der Waals surface area (Å²) in [6, 6.07) is 8.76. The molecule has 2 aromatic rings. The molecular weight excluding hydrogens is 519 g/mol. The van der Waals surface area contributed by atoms with Crippen molar-refractivity contribution in [2.75, 3.05) is 44.8 Å². The molecule has 1 aromatic carbocycles. The molecule has 1 fully saturated rings. The number of likely N-dealkylation sites (tertiary alicyclic amines) is 1. The number of aryl methyl sites for hydroxylation is 1. The number of likely N-dealkylation sites (N-methyl/N-ethyl adjacent to an activating group) is 1. The average molecular weight is 548 g/mol. The van der Waals surface area contributed by atoms with Gasteiger partial charge in [-0.25, -0.2) is 13.2 Å². The molecule has 0 saturated carbocycles. The fourth-order valence-electron chi connectivity index (χ4n) is 4.43. The summed E-state index contributed by atoms with van der Waals surface area (Å²) in [7, 11) is 2.18. The van der Waals surface area contributed by atoms with Crippen molar-refractivity contribution in [3.05, 3.63) is 41.2 Å². The van der Waals surface area contributed by atoms with Crippen molar-refractivity contribution in [1.82, 2.24) is 19.8 Å². The summed E-state index contributed by atoms with van der Waals surface area (Å²) in [6.45, 7) is 7.32. The van der Waals surface area contributed by atoms with Crippen LogP contribution in [0.2, 0.25) is 0 Å². The van der Waals surface area contributed by atoms with Crippen molar-refractivity contribution in [2.45, 2.75) is 32.4 Å². The summed E-state index contributed by atoms with van der Waals surface area (Å²) in [5.74, 6) is 2.46. The Kier molecular flexibility index (Phi) is 6.65. The van der Waals surface area contributed by atoms with Gasteiger partial charge in [0.05, 0.1) is 15.9 Å². The molecule has 4 heterocycles. The van der Waals surface area contributed by atoms with Gasteiger partial charge in [0.1, 0.15) is 19.6 Å². The van der Waals surface area contributed by atoms with E-state index in [4.69, 9.17) is 14.5 Å². The summed E-state index contributed by atoms with van der Waals surface area (Å²) >= 11 is -0.243. The molecule has 0 bridgehead atoms. The van der Waals surface area contributed by atoms with E-state index in [9.17, 15) is 0 Å². The van der Waals surface area contributed by atoms with E-state index in [1.165, 1.54) is 12.0 Å².